The molecule has 1 unspecified atom stereocenters. The van der Waals surface area contributed by atoms with Crippen molar-refractivity contribution in [2.24, 2.45) is 0 Å². The Morgan fingerprint density at radius 3 is 2.26 bits per heavy atom. The highest BCUT2D eigenvalue weighted by Gasteiger charge is 2.38. The summed E-state index contributed by atoms with van der Waals surface area (Å²) in [7, 11) is -4.39. The molecule has 0 saturated carbocycles. The highest BCUT2D eigenvalue weighted by molar-refractivity contribution is 7.91. The third kappa shape index (κ3) is 7.69. The first-order valence-electron chi connectivity index (χ1n) is 14.5. The Labute approximate surface area is 281 Å². The number of nitrogens with zero attached hydrogens (tertiary/aromatic N) is 2. The van der Waals surface area contributed by atoms with E-state index in [1.165, 1.54) is 30.3 Å². The van der Waals surface area contributed by atoms with Crippen molar-refractivity contribution in [3.8, 4) is 6.07 Å². The van der Waals surface area contributed by atoms with Crippen molar-refractivity contribution in [3.63, 3.8) is 0 Å². The van der Waals surface area contributed by atoms with E-state index in [0.717, 1.165) is 37.3 Å². The second-order valence-electron chi connectivity index (χ2n) is 11.4. The third-order valence-electron chi connectivity index (χ3n) is 7.56. The number of alkyl halides is 3. The molecule has 0 fully saturated rings. The number of H-pyrrole nitrogens is 1. The van der Waals surface area contributed by atoms with Gasteiger partial charge in [0.2, 0.25) is 0 Å². The molecule has 1 aromatic heterocycles. The van der Waals surface area contributed by atoms with E-state index in [9.17, 15) is 45.5 Å². The molecule has 0 aliphatic heterocycles. The zero-order chi connectivity index (χ0) is 36.4. The summed E-state index contributed by atoms with van der Waals surface area (Å²) in [5, 5.41) is 31.7. The molecule has 4 aromatic carbocycles. The van der Waals surface area contributed by atoms with Gasteiger partial charge in [-0.05, 0) is 73.2 Å². The molecule has 4 N–H and O–H groups in total. The van der Waals surface area contributed by atoms with Crippen molar-refractivity contribution in [3.05, 3.63) is 129 Å². The van der Waals surface area contributed by atoms with Gasteiger partial charge in [0, 0.05) is 23.2 Å². The topological polar surface area (TPSA) is 182 Å². The van der Waals surface area contributed by atoms with Crippen LogP contribution in [0.1, 0.15) is 39.7 Å². The minimum atomic E-state index is -4.92. The second kappa shape index (κ2) is 13.5. The number of nitriles is 1. The molecule has 0 radical (unpaired) electrons. The van der Waals surface area contributed by atoms with Gasteiger partial charge in [0.1, 0.15) is 5.82 Å². The number of nitrogens with one attached hydrogen (secondary N) is 3. The number of anilines is 2. The Morgan fingerprint density at radius 2 is 1.60 bits per heavy atom. The van der Waals surface area contributed by atoms with Crippen LogP contribution in [0.5, 0.6) is 0 Å². The van der Waals surface area contributed by atoms with E-state index in [1.54, 1.807) is 24.3 Å². The molecule has 5 rings (SSSR count). The number of aliphatic hydroxyl groups is 1. The summed E-state index contributed by atoms with van der Waals surface area (Å²) in [6.45, 7) is 0.862. The van der Waals surface area contributed by atoms with E-state index in [0.29, 0.717) is 28.1 Å². The van der Waals surface area contributed by atoms with Crippen LogP contribution in [0.3, 0.4) is 0 Å². The first-order chi connectivity index (χ1) is 23.5. The van der Waals surface area contributed by atoms with Gasteiger partial charge in [-0.15, -0.1) is 0 Å². The monoisotopic (exact) mass is 707 g/mol. The SMILES string of the molecule is CC(O)(CS(=O)(=O)c1ccc(NC(=O)c2cc(Cc3n[nH]c(=O)c4ccccc34)ccc2F)cc1)C(=O)Nc1ccc(C#N)c(C(F)(F)F)c1. The lowest BCUT2D eigenvalue weighted by Crippen LogP contribution is -2.45. The Bertz CT molecular complexity index is 2350. The van der Waals surface area contributed by atoms with Crippen LogP contribution < -0.4 is 16.2 Å². The van der Waals surface area contributed by atoms with Gasteiger partial charge in [0.25, 0.3) is 17.4 Å². The number of aromatic nitrogens is 2. The molecule has 2 amide bonds. The fourth-order valence-corrected chi connectivity index (χ4v) is 6.63. The zero-order valence-electron chi connectivity index (χ0n) is 25.8. The number of sulfone groups is 1. The summed E-state index contributed by atoms with van der Waals surface area (Å²) < 4.78 is 80.8. The van der Waals surface area contributed by atoms with Crippen LogP contribution >= 0.6 is 0 Å². The summed E-state index contributed by atoms with van der Waals surface area (Å²) in [5.74, 6) is -4.18. The average molecular weight is 708 g/mol. The summed E-state index contributed by atoms with van der Waals surface area (Å²) in [4.78, 5) is 37.5. The predicted octanol–water partition coefficient (Wildman–Crippen LogP) is 4.96. The van der Waals surface area contributed by atoms with E-state index in [1.807, 2.05) is 5.32 Å². The number of aromatic amines is 1. The van der Waals surface area contributed by atoms with Gasteiger partial charge in [-0.25, -0.2) is 17.9 Å². The highest BCUT2D eigenvalue weighted by Crippen LogP contribution is 2.34. The maximum Gasteiger partial charge on any atom is 0.417 e. The molecule has 1 atom stereocenters. The van der Waals surface area contributed by atoms with Crippen molar-refractivity contribution < 1.29 is 40.7 Å². The normalized spacial score (nSPS) is 12.9. The van der Waals surface area contributed by atoms with Gasteiger partial charge in [-0.2, -0.15) is 23.5 Å². The number of halogens is 4. The lowest BCUT2D eigenvalue weighted by molar-refractivity contribution is -0.137. The van der Waals surface area contributed by atoms with E-state index < -0.39 is 61.8 Å². The molecular weight excluding hydrogens is 682 g/mol. The zero-order valence-corrected chi connectivity index (χ0v) is 26.6. The van der Waals surface area contributed by atoms with Gasteiger partial charge in [-0.3, -0.25) is 14.4 Å². The fourth-order valence-electron chi connectivity index (χ4n) is 5.04. The largest absolute Gasteiger partial charge is 0.417 e. The smallest absolute Gasteiger partial charge is 0.379 e. The number of hydrogen-bond acceptors (Lipinski definition) is 8. The first kappa shape index (κ1) is 35.4. The van der Waals surface area contributed by atoms with Gasteiger partial charge in [0.15, 0.2) is 15.4 Å². The number of benzene rings is 4. The van der Waals surface area contributed by atoms with Gasteiger partial charge in [-0.1, -0.05) is 24.3 Å². The number of carbonyl (C=O) groups is 2. The quantitative estimate of drug-likeness (QED) is 0.155. The minimum Gasteiger partial charge on any atom is -0.379 e. The number of fused-ring (bicyclic) bond motifs is 1. The predicted molar refractivity (Wildman–Crippen MR) is 173 cm³/mol. The molecule has 50 heavy (non-hydrogen) atoms. The van der Waals surface area contributed by atoms with Crippen LogP contribution in [0.25, 0.3) is 10.8 Å². The Kier molecular flexibility index (Phi) is 9.58. The summed E-state index contributed by atoms with van der Waals surface area (Å²) in [6.07, 6.45) is -4.75. The van der Waals surface area contributed by atoms with E-state index in [2.05, 4.69) is 15.5 Å². The third-order valence-corrected chi connectivity index (χ3v) is 9.49. The molecule has 0 aliphatic rings. The molecular formula is C34H25F4N5O6S. The molecule has 256 valence electrons. The lowest BCUT2D eigenvalue weighted by atomic mass is 10.0. The van der Waals surface area contributed by atoms with Crippen LogP contribution in [-0.2, 0) is 27.2 Å². The summed E-state index contributed by atoms with van der Waals surface area (Å²) in [5.41, 5.74) is -4.67. The summed E-state index contributed by atoms with van der Waals surface area (Å²) >= 11 is 0. The van der Waals surface area contributed by atoms with Crippen molar-refractivity contribution >= 4 is 43.8 Å². The number of carbonyl (C=O) groups excluding carboxylic acids is 2. The number of hydrogen-bond donors (Lipinski definition) is 4. The van der Waals surface area contributed by atoms with Gasteiger partial charge < -0.3 is 15.7 Å². The maximum atomic E-state index is 14.7. The Hall–Kier alpha value is -5.92. The molecule has 11 nitrogen and oxygen atoms in total. The maximum absolute atomic E-state index is 14.7. The van der Waals surface area contributed by atoms with E-state index in [-0.39, 0.29) is 28.1 Å². The van der Waals surface area contributed by atoms with Crippen molar-refractivity contribution in [1.82, 2.24) is 10.2 Å². The minimum absolute atomic E-state index is 0.0813. The highest BCUT2D eigenvalue weighted by atomic mass is 32.2. The average Bonchev–Trinajstić information content (AvgIpc) is 3.06. The fraction of sp³-hybridized carbons (Fsp3) is 0.147. The molecule has 5 aromatic rings. The van der Waals surface area contributed by atoms with Gasteiger partial charge in [0.05, 0.1) is 44.5 Å². The van der Waals surface area contributed by atoms with Crippen molar-refractivity contribution in [2.75, 3.05) is 16.4 Å². The van der Waals surface area contributed by atoms with E-state index in [4.69, 9.17) is 5.26 Å². The molecule has 16 heteroatoms. The Morgan fingerprint density at radius 1 is 0.940 bits per heavy atom. The number of rotatable bonds is 9. The van der Waals surface area contributed by atoms with Crippen molar-refractivity contribution in [2.45, 2.75) is 30.0 Å². The van der Waals surface area contributed by atoms with Crippen molar-refractivity contribution in [1.29, 1.82) is 5.26 Å². The first-order valence-corrected chi connectivity index (χ1v) is 16.2. The van der Waals surface area contributed by atoms with Crippen LogP contribution in [0.4, 0.5) is 28.9 Å². The standard InChI is InChI=1S/C34H25F4N5O6S/c1-33(47,32(46)41-22-8-7-20(17-39)27(16-22)34(36,37)38)18-50(48,49)23-11-9-21(10-12-23)40-30(44)26-14-19(6-13-28(26)35)15-29-24-4-2-3-5-25(24)31(45)43-42-29/h2-14,16,47H,15,18H2,1H3,(H,40,44)(H,41,46)(H,43,45). The van der Waals surface area contributed by atoms with Crippen LogP contribution in [0.2, 0.25) is 0 Å². The molecule has 0 saturated heterocycles. The van der Waals surface area contributed by atoms with Crippen LogP contribution in [0, 0.1) is 17.1 Å². The second-order valence-corrected chi connectivity index (χ2v) is 13.4. The molecule has 1 heterocycles. The van der Waals surface area contributed by atoms with Gasteiger partial charge >= 0.3 is 6.18 Å². The number of amides is 2. The lowest BCUT2D eigenvalue weighted by Gasteiger charge is -2.22. The van der Waals surface area contributed by atoms with Crippen LogP contribution in [-0.4, -0.2) is 46.9 Å². The Balaban J connectivity index is 1.27. The molecule has 0 aliphatic carbocycles. The molecule has 0 spiro atoms. The van der Waals surface area contributed by atoms with E-state index >= 15 is 0 Å². The molecule has 0 bridgehead atoms. The van der Waals surface area contributed by atoms with Crippen LogP contribution in [0.15, 0.2) is 94.6 Å². The summed E-state index contributed by atoms with van der Waals surface area (Å²) in [6, 6.07) is 18.9.